The van der Waals surface area contributed by atoms with Crippen molar-refractivity contribution in [3.05, 3.63) is 16.6 Å². The van der Waals surface area contributed by atoms with Gasteiger partial charge in [0.05, 0.1) is 12.3 Å². The van der Waals surface area contributed by atoms with Gasteiger partial charge >= 0.3 is 0 Å². The van der Waals surface area contributed by atoms with E-state index in [1.807, 2.05) is 12.3 Å². The summed E-state index contributed by atoms with van der Waals surface area (Å²) in [6.07, 6.45) is 2.29. The maximum atomic E-state index is 11.5. The summed E-state index contributed by atoms with van der Waals surface area (Å²) in [5.41, 5.74) is 0. The zero-order chi connectivity index (χ0) is 11.9. The van der Waals surface area contributed by atoms with Gasteiger partial charge < -0.3 is 5.32 Å². The fourth-order valence-corrected chi connectivity index (χ4v) is 2.82. The third-order valence-electron chi connectivity index (χ3n) is 1.94. The van der Waals surface area contributed by atoms with E-state index in [9.17, 15) is 8.42 Å². The Morgan fingerprint density at radius 1 is 1.50 bits per heavy atom. The topological polar surface area (TPSA) is 71.1 Å². The fraction of sp³-hybridized carbons (Fsp3) is 0.667. The second kappa shape index (κ2) is 6.95. The molecule has 1 aromatic rings. The van der Waals surface area contributed by atoms with E-state index in [-0.39, 0.29) is 5.75 Å². The number of nitrogens with zero attached hydrogens (tertiary/aromatic N) is 1. The predicted molar refractivity (Wildman–Crippen MR) is 65.9 cm³/mol. The minimum atomic E-state index is -3.16. The summed E-state index contributed by atoms with van der Waals surface area (Å²) in [7, 11) is -3.16. The minimum absolute atomic E-state index is 0.158. The number of hydrogen-bond acceptors (Lipinski definition) is 5. The lowest BCUT2D eigenvalue weighted by Gasteiger charge is -2.05. The van der Waals surface area contributed by atoms with Gasteiger partial charge in [0.1, 0.15) is 5.01 Å². The van der Waals surface area contributed by atoms with Crippen LogP contribution in [0.5, 0.6) is 0 Å². The smallest absolute Gasteiger partial charge is 0.212 e. The average Bonchev–Trinajstić information content (AvgIpc) is 2.75. The van der Waals surface area contributed by atoms with E-state index in [2.05, 4.69) is 15.0 Å². The fourth-order valence-electron chi connectivity index (χ4n) is 1.15. The molecule has 0 radical (unpaired) electrons. The molecule has 0 aliphatic heterocycles. The molecule has 16 heavy (non-hydrogen) atoms. The van der Waals surface area contributed by atoms with Gasteiger partial charge in [-0.2, -0.15) is 0 Å². The van der Waals surface area contributed by atoms with Crippen LogP contribution in [0, 0.1) is 0 Å². The molecule has 0 aliphatic carbocycles. The van der Waals surface area contributed by atoms with Crippen LogP contribution in [0.2, 0.25) is 0 Å². The van der Waals surface area contributed by atoms with Crippen molar-refractivity contribution in [1.29, 1.82) is 0 Å². The van der Waals surface area contributed by atoms with E-state index >= 15 is 0 Å². The third kappa shape index (κ3) is 5.55. The first-order chi connectivity index (χ1) is 7.64. The number of aromatic nitrogens is 1. The molecular weight excluding hydrogens is 246 g/mol. The van der Waals surface area contributed by atoms with Gasteiger partial charge in [0.15, 0.2) is 0 Å². The molecule has 0 aliphatic rings. The SMILES string of the molecule is CCNCCCS(=O)(=O)NCc1nccs1. The van der Waals surface area contributed by atoms with Crippen molar-refractivity contribution < 1.29 is 8.42 Å². The highest BCUT2D eigenvalue weighted by atomic mass is 32.2. The summed E-state index contributed by atoms with van der Waals surface area (Å²) in [5.74, 6) is 0.158. The molecule has 0 spiro atoms. The van der Waals surface area contributed by atoms with Crippen LogP contribution in [0.1, 0.15) is 18.4 Å². The van der Waals surface area contributed by atoms with Crippen LogP contribution >= 0.6 is 11.3 Å². The van der Waals surface area contributed by atoms with Crippen molar-refractivity contribution in [2.75, 3.05) is 18.8 Å². The number of sulfonamides is 1. The van der Waals surface area contributed by atoms with Gasteiger partial charge in [-0.3, -0.25) is 0 Å². The predicted octanol–water partition coefficient (Wildman–Crippen LogP) is 0.562. The first-order valence-corrected chi connectivity index (χ1v) is 7.73. The van der Waals surface area contributed by atoms with E-state index in [1.165, 1.54) is 11.3 Å². The summed E-state index contributed by atoms with van der Waals surface area (Å²) >= 11 is 1.45. The Labute approximate surface area is 100 Å². The van der Waals surface area contributed by atoms with Gasteiger partial charge in [-0.15, -0.1) is 11.3 Å². The van der Waals surface area contributed by atoms with Gasteiger partial charge in [0.25, 0.3) is 0 Å². The lowest BCUT2D eigenvalue weighted by atomic mass is 10.5. The Morgan fingerprint density at radius 2 is 2.31 bits per heavy atom. The summed E-state index contributed by atoms with van der Waals surface area (Å²) in [6.45, 7) is 3.89. The van der Waals surface area contributed by atoms with Crippen LogP contribution in [0.4, 0.5) is 0 Å². The lowest BCUT2D eigenvalue weighted by Crippen LogP contribution is -2.27. The van der Waals surface area contributed by atoms with Crippen LogP contribution in [-0.4, -0.2) is 32.2 Å². The molecule has 0 saturated carbocycles. The molecule has 0 fully saturated rings. The number of thiazole rings is 1. The highest BCUT2D eigenvalue weighted by Gasteiger charge is 2.09. The number of nitrogens with one attached hydrogen (secondary N) is 2. The largest absolute Gasteiger partial charge is 0.317 e. The second-order valence-electron chi connectivity index (χ2n) is 3.27. The van der Waals surface area contributed by atoms with Crippen LogP contribution in [0.15, 0.2) is 11.6 Å². The highest BCUT2D eigenvalue weighted by Crippen LogP contribution is 2.03. The highest BCUT2D eigenvalue weighted by molar-refractivity contribution is 7.89. The summed E-state index contributed by atoms with van der Waals surface area (Å²) in [4.78, 5) is 4.01. The Balaban J connectivity index is 2.23. The molecule has 0 amide bonds. The zero-order valence-corrected chi connectivity index (χ0v) is 10.9. The van der Waals surface area contributed by atoms with Gasteiger partial charge in [-0.05, 0) is 19.5 Å². The van der Waals surface area contributed by atoms with Crippen molar-refractivity contribution in [3.63, 3.8) is 0 Å². The van der Waals surface area contributed by atoms with Gasteiger partial charge in [-0.25, -0.2) is 18.1 Å². The van der Waals surface area contributed by atoms with Crippen molar-refractivity contribution in [1.82, 2.24) is 15.0 Å². The van der Waals surface area contributed by atoms with Crippen LogP contribution in [-0.2, 0) is 16.6 Å². The van der Waals surface area contributed by atoms with Crippen LogP contribution < -0.4 is 10.0 Å². The molecule has 7 heteroatoms. The molecule has 2 N–H and O–H groups in total. The van der Waals surface area contributed by atoms with E-state index in [0.29, 0.717) is 13.0 Å². The summed E-state index contributed by atoms with van der Waals surface area (Å²) in [6, 6.07) is 0. The van der Waals surface area contributed by atoms with E-state index in [0.717, 1.165) is 18.1 Å². The Morgan fingerprint density at radius 3 is 2.94 bits per heavy atom. The van der Waals surface area contributed by atoms with Gasteiger partial charge in [0, 0.05) is 11.6 Å². The first kappa shape index (κ1) is 13.6. The van der Waals surface area contributed by atoms with Crippen molar-refractivity contribution in [3.8, 4) is 0 Å². The maximum Gasteiger partial charge on any atom is 0.212 e. The van der Waals surface area contributed by atoms with Crippen molar-refractivity contribution in [2.45, 2.75) is 19.9 Å². The maximum absolute atomic E-state index is 11.5. The quantitative estimate of drug-likeness (QED) is 0.672. The average molecular weight is 263 g/mol. The Hall–Kier alpha value is -0.500. The van der Waals surface area contributed by atoms with Gasteiger partial charge in [-0.1, -0.05) is 6.92 Å². The van der Waals surface area contributed by atoms with Crippen molar-refractivity contribution in [2.24, 2.45) is 0 Å². The molecular formula is C9H17N3O2S2. The molecule has 0 saturated heterocycles. The molecule has 0 bridgehead atoms. The molecule has 0 aromatic carbocycles. The molecule has 0 unspecified atom stereocenters. The molecule has 1 aromatic heterocycles. The molecule has 92 valence electrons. The first-order valence-electron chi connectivity index (χ1n) is 5.20. The molecule has 1 rings (SSSR count). The van der Waals surface area contributed by atoms with Crippen molar-refractivity contribution >= 4 is 21.4 Å². The molecule has 1 heterocycles. The summed E-state index contributed by atoms with van der Waals surface area (Å²) < 4.78 is 25.6. The van der Waals surface area contributed by atoms with E-state index in [1.54, 1.807) is 6.20 Å². The lowest BCUT2D eigenvalue weighted by molar-refractivity contribution is 0.575. The summed E-state index contributed by atoms with van der Waals surface area (Å²) in [5, 5.41) is 5.70. The zero-order valence-electron chi connectivity index (χ0n) is 9.27. The second-order valence-corrected chi connectivity index (χ2v) is 6.18. The third-order valence-corrected chi connectivity index (χ3v) is 4.13. The Kier molecular flexibility index (Phi) is 5.89. The molecule has 0 atom stereocenters. The Bertz CT molecular complexity index is 375. The van der Waals surface area contributed by atoms with Crippen LogP contribution in [0.3, 0.4) is 0 Å². The normalized spacial score (nSPS) is 11.8. The van der Waals surface area contributed by atoms with Gasteiger partial charge in [0.2, 0.25) is 10.0 Å². The number of rotatable bonds is 8. The van der Waals surface area contributed by atoms with E-state index < -0.39 is 10.0 Å². The van der Waals surface area contributed by atoms with Crippen LogP contribution in [0.25, 0.3) is 0 Å². The number of hydrogen-bond donors (Lipinski definition) is 2. The minimum Gasteiger partial charge on any atom is -0.317 e. The monoisotopic (exact) mass is 263 g/mol. The standard InChI is InChI=1S/C9H17N3O2S2/c1-2-10-4-3-7-16(13,14)12-8-9-11-5-6-15-9/h5-6,10,12H,2-4,7-8H2,1H3. The van der Waals surface area contributed by atoms with E-state index in [4.69, 9.17) is 0 Å². The molecule has 5 nitrogen and oxygen atoms in total.